The molecule has 2 aromatic rings. The van der Waals surface area contributed by atoms with Gasteiger partial charge in [-0.15, -0.1) is 11.3 Å². The molecule has 7 heteroatoms. The highest BCUT2D eigenvalue weighted by Crippen LogP contribution is 2.29. The highest BCUT2D eigenvalue weighted by Gasteiger charge is 2.18. The van der Waals surface area contributed by atoms with Crippen molar-refractivity contribution in [1.29, 1.82) is 0 Å². The molecule has 0 bridgehead atoms. The Hall–Kier alpha value is -2.67. The van der Waals surface area contributed by atoms with Gasteiger partial charge in [-0.05, 0) is 50.5 Å². The molecular weight excluding hydrogens is 378 g/mol. The molecule has 1 heterocycles. The maximum absolute atomic E-state index is 12.2. The first-order valence-corrected chi connectivity index (χ1v) is 10.0. The second kappa shape index (κ2) is 10.6. The molecule has 0 saturated heterocycles. The van der Waals surface area contributed by atoms with E-state index in [0.29, 0.717) is 29.2 Å². The molecule has 1 N–H and O–H groups in total. The van der Waals surface area contributed by atoms with Crippen LogP contribution in [-0.2, 0) is 27.2 Å². The number of anilines is 1. The van der Waals surface area contributed by atoms with Gasteiger partial charge in [0.25, 0.3) is 5.91 Å². The minimum Gasteiger partial charge on any atom is -0.484 e. The molecule has 1 amide bonds. The molecule has 6 nitrogen and oxygen atoms in total. The van der Waals surface area contributed by atoms with E-state index in [1.165, 1.54) is 11.3 Å². The Bertz CT molecular complexity index is 826. The Morgan fingerprint density at radius 3 is 2.43 bits per heavy atom. The Balaban J connectivity index is 1.93. The summed E-state index contributed by atoms with van der Waals surface area (Å²) in [6.07, 6.45) is 1.95. The number of rotatable bonds is 10. The first-order valence-electron chi connectivity index (χ1n) is 9.23. The predicted octanol–water partition coefficient (Wildman–Crippen LogP) is 4.03. The van der Waals surface area contributed by atoms with E-state index in [9.17, 15) is 14.4 Å². The zero-order chi connectivity index (χ0) is 20.5. The fourth-order valence-electron chi connectivity index (χ4n) is 2.45. The molecule has 0 aliphatic rings. The third-order valence-corrected chi connectivity index (χ3v) is 5.13. The van der Waals surface area contributed by atoms with E-state index < -0.39 is 5.97 Å². The molecular formula is C21H25NO5S. The summed E-state index contributed by atoms with van der Waals surface area (Å²) in [4.78, 5) is 36.3. The lowest BCUT2D eigenvalue weighted by Crippen LogP contribution is -2.21. The van der Waals surface area contributed by atoms with Crippen molar-refractivity contribution < 1.29 is 23.9 Å². The van der Waals surface area contributed by atoms with Gasteiger partial charge in [0, 0.05) is 11.3 Å². The number of hydrogen-bond donors (Lipinski definition) is 1. The number of benzene rings is 1. The van der Waals surface area contributed by atoms with Crippen LogP contribution in [0.25, 0.3) is 0 Å². The monoisotopic (exact) mass is 403 g/mol. The summed E-state index contributed by atoms with van der Waals surface area (Å²) < 4.78 is 10.6. The third kappa shape index (κ3) is 6.49. The van der Waals surface area contributed by atoms with Crippen LogP contribution in [0.4, 0.5) is 5.00 Å². The maximum Gasteiger partial charge on any atom is 0.341 e. The van der Waals surface area contributed by atoms with E-state index in [4.69, 9.17) is 9.47 Å². The largest absolute Gasteiger partial charge is 0.484 e. The van der Waals surface area contributed by atoms with E-state index in [1.54, 1.807) is 32.0 Å². The number of Topliss-reactive ketones (excluding diaryl/α,β-unsaturated/α-hetero) is 1. The molecule has 0 radical (unpaired) electrons. The van der Waals surface area contributed by atoms with E-state index in [1.807, 2.05) is 19.1 Å². The van der Waals surface area contributed by atoms with Gasteiger partial charge in [-0.1, -0.05) is 19.1 Å². The summed E-state index contributed by atoms with van der Waals surface area (Å²) in [5.41, 5.74) is 1.41. The summed E-state index contributed by atoms with van der Waals surface area (Å²) in [7, 11) is 0. The minimum atomic E-state index is -0.448. The minimum absolute atomic E-state index is 0.152. The number of nitrogens with one attached hydrogen (secondary N) is 1. The van der Waals surface area contributed by atoms with E-state index in [2.05, 4.69) is 5.32 Å². The number of hydrogen-bond acceptors (Lipinski definition) is 6. The van der Waals surface area contributed by atoms with Crippen LogP contribution in [0.1, 0.15) is 48.0 Å². The third-order valence-electron chi connectivity index (χ3n) is 3.94. The molecule has 28 heavy (non-hydrogen) atoms. The molecule has 2 rings (SSSR count). The number of carbonyl (C=O) groups excluding carboxylic acids is 3. The van der Waals surface area contributed by atoms with Crippen molar-refractivity contribution in [2.75, 3.05) is 18.5 Å². The van der Waals surface area contributed by atoms with Crippen molar-refractivity contribution in [1.82, 2.24) is 0 Å². The molecule has 0 aliphatic carbocycles. The standard InChI is InChI=1S/C21H25NO5S/c1-4-17-12-18(21(25)26-5-2)20(28-17)22-19(24)13-27-16-10-8-15(9-11-16)7-6-14(3)23/h8-12H,4-7,13H2,1-3H3,(H,22,24). The van der Waals surface area contributed by atoms with Gasteiger partial charge in [0.05, 0.1) is 12.2 Å². The summed E-state index contributed by atoms with van der Waals surface area (Å²) in [5.74, 6) is -0.0849. The molecule has 0 atom stereocenters. The van der Waals surface area contributed by atoms with Crippen LogP contribution >= 0.6 is 11.3 Å². The molecule has 1 aromatic carbocycles. The Morgan fingerprint density at radius 2 is 1.82 bits per heavy atom. The van der Waals surface area contributed by atoms with Gasteiger partial charge in [0.1, 0.15) is 16.5 Å². The van der Waals surface area contributed by atoms with Crippen LogP contribution in [0.5, 0.6) is 5.75 Å². The molecule has 150 valence electrons. The number of amides is 1. The molecule has 0 spiro atoms. The van der Waals surface area contributed by atoms with E-state index in [0.717, 1.165) is 16.9 Å². The normalized spacial score (nSPS) is 10.4. The van der Waals surface area contributed by atoms with Crippen LogP contribution < -0.4 is 10.1 Å². The van der Waals surface area contributed by atoms with Gasteiger partial charge in [-0.25, -0.2) is 4.79 Å². The van der Waals surface area contributed by atoms with Crippen molar-refractivity contribution in [3.05, 3.63) is 46.3 Å². The summed E-state index contributed by atoms with van der Waals surface area (Å²) in [6.45, 7) is 5.39. The van der Waals surface area contributed by atoms with Crippen LogP contribution in [-0.4, -0.2) is 30.9 Å². The van der Waals surface area contributed by atoms with Crippen molar-refractivity contribution in [2.45, 2.75) is 40.0 Å². The number of aryl methyl sites for hydroxylation is 2. The molecule has 0 fully saturated rings. The van der Waals surface area contributed by atoms with Crippen molar-refractivity contribution >= 4 is 34.0 Å². The average molecular weight is 404 g/mol. The molecule has 0 unspecified atom stereocenters. The SMILES string of the molecule is CCOC(=O)c1cc(CC)sc1NC(=O)COc1ccc(CCC(C)=O)cc1. The van der Waals surface area contributed by atoms with Gasteiger partial charge in [0.2, 0.25) is 0 Å². The number of carbonyl (C=O) groups is 3. The second-order valence-electron chi connectivity index (χ2n) is 6.21. The van der Waals surface area contributed by atoms with Crippen LogP contribution in [0.2, 0.25) is 0 Å². The van der Waals surface area contributed by atoms with E-state index in [-0.39, 0.29) is 24.9 Å². The van der Waals surface area contributed by atoms with Crippen molar-refractivity contribution in [2.24, 2.45) is 0 Å². The van der Waals surface area contributed by atoms with Gasteiger partial charge in [-0.3, -0.25) is 4.79 Å². The number of ether oxygens (including phenoxy) is 2. The number of thiophene rings is 1. The first kappa shape index (κ1) is 21.6. The quantitative estimate of drug-likeness (QED) is 0.606. The Kier molecular flexibility index (Phi) is 8.19. The topological polar surface area (TPSA) is 81.7 Å². The van der Waals surface area contributed by atoms with Crippen LogP contribution in [0, 0.1) is 0 Å². The van der Waals surface area contributed by atoms with Crippen molar-refractivity contribution in [3.63, 3.8) is 0 Å². The van der Waals surface area contributed by atoms with Gasteiger partial charge in [0.15, 0.2) is 6.61 Å². The van der Waals surface area contributed by atoms with Crippen LogP contribution in [0.15, 0.2) is 30.3 Å². The maximum atomic E-state index is 12.2. The van der Waals surface area contributed by atoms with Gasteiger partial charge >= 0.3 is 5.97 Å². The number of esters is 1. The van der Waals surface area contributed by atoms with Gasteiger partial charge in [-0.2, -0.15) is 0 Å². The lowest BCUT2D eigenvalue weighted by molar-refractivity contribution is -0.118. The fraction of sp³-hybridized carbons (Fsp3) is 0.381. The smallest absolute Gasteiger partial charge is 0.341 e. The average Bonchev–Trinajstić information content (AvgIpc) is 3.08. The number of ketones is 1. The zero-order valence-corrected chi connectivity index (χ0v) is 17.2. The summed E-state index contributed by atoms with van der Waals surface area (Å²) >= 11 is 1.36. The lowest BCUT2D eigenvalue weighted by Gasteiger charge is -2.08. The van der Waals surface area contributed by atoms with Crippen LogP contribution in [0.3, 0.4) is 0 Å². The van der Waals surface area contributed by atoms with Crippen molar-refractivity contribution in [3.8, 4) is 5.75 Å². The summed E-state index contributed by atoms with van der Waals surface area (Å²) in [5, 5.41) is 3.21. The molecule has 0 saturated carbocycles. The highest BCUT2D eigenvalue weighted by molar-refractivity contribution is 7.16. The zero-order valence-electron chi connectivity index (χ0n) is 16.4. The van der Waals surface area contributed by atoms with E-state index >= 15 is 0 Å². The van der Waals surface area contributed by atoms with Gasteiger partial charge < -0.3 is 19.6 Å². The Labute approximate surface area is 168 Å². The predicted molar refractivity (Wildman–Crippen MR) is 109 cm³/mol. The Morgan fingerprint density at radius 1 is 1.11 bits per heavy atom. The highest BCUT2D eigenvalue weighted by atomic mass is 32.1. The first-order chi connectivity index (χ1) is 13.4. The summed E-state index contributed by atoms with van der Waals surface area (Å²) in [6, 6.07) is 9.04. The second-order valence-corrected chi connectivity index (χ2v) is 7.35. The molecule has 1 aromatic heterocycles. The molecule has 0 aliphatic heterocycles. The lowest BCUT2D eigenvalue weighted by atomic mass is 10.1. The fourth-order valence-corrected chi connectivity index (χ4v) is 3.45.